The summed E-state index contributed by atoms with van der Waals surface area (Å²) in [6, 6.07) is 7.85. The molecule has 0 spiro atoms. The van der Waals surface area contributed by atoms with Gasteiger partial charge in [0, 0.05) is 19.5 Å². The summed E-state index contributed by atoms with van der Waals surface area (Å²) < 4.78 is 1.97. The van der Waals surface area contributed by atoms with Crippen molar-refractivity contribution in [3.05, 3.63) is 30.6 Å². The van der Waals surface area contributed by atoms with Gasteiger partial charge in [-0.25, -0.2) is 4.98 Å². The van der Waals surface area contributed by atoms with Crippen molar-refractivity contribution >= 4 is 16.9 Å². The van der Waals surface area contributed by atoms with Crippen molar-refractivity contribution in [2.24, 2.45) is 0 Å². The maximum atomic E-state index is 11.9. The summed E-state index contributed by atoms with van der Waals surface area (Å²) in [5.41, 5.74) is 1.17. The molecule has 0 atom stereocenters. The molecule has 0 saturated carbocycles. The molecule has 0 unspecified atom stereocenters. The van der Waals surface area contributed by atoms with Crippen LogP contribution in [0.2, 0.25) is 0 Å². The molecule has 114 valence electrons. The van der Waals surface area contributed by atoms with Crippen molar-refractivity contribution in [3.8, 4) is 0 Å². The second-order valence-electron chi connectivity index (χ2n) is 5.38. The van der Waals surface area contributed by atoms with Gasteiger partial charge in [-0.15, -0.1) is 0 Å². The maximum Gasteiger partial charge on any atom is 0.221 e. The van der Waals surface area contributed by atoms with Crippen molar-refractivity contribution in [3.63, 3.8) is 0 Å². The Labute approximate surface area is 125 Å². The first-order valence-electron chi connectivity index (χ1n) is 7.47. The average Bonchev–Trinajstić information content (AvgIpc) is 2.94. The lowest BCUT2D eigenvalue weighted by atomic mass is 9.97. The topological polar surface area (TPSA) is 67.2 Å². The number of carbonyl (C=O) groups excluding carboxylic acids is 1. The fourth-order valence-electron chi connectivity index (χ4n) is 2.26. The number of hydrogen-bond donors (Lipinski definition) is 2. The number of para-hydroxylation sites is 2. The third-order valence-corrected chi connectivity index (χ3v) is 4.04. The number of carbonyl (C=O) groups is 1. The molecule has 0 fully saturated rings. The lowest BCUT2D eigenvalue weighted by Crippen LogP contribution is -2.42. The molecule has 1 aromatic carbocycles. The van der Waals surface area contributed by atoms with E-state index in [1.54, 1.807) is 6.33 Å². The Morgan fingerprint density at radius 2 is 2.05 bits per heavy atom. The van der Waals surface area contributed by atoms with Gasteiger partial charge < -0.3 is 15.0 Å². The van der Waals surface area contributed by atoms with E-state index in [0.717, 1.165) is 11.0 Å². The highest BCUT2D eigenvalue weighted by Crippen LogP contribution is 2.14. The quantitative estimate of drug-likeness (QED) is 0.820. The lowest BCUT2D eigenvalue weighted by Gasteiger charge is -2.25. The van der Waals surface area contributed by atoms with Gasteiger partial charge >= 0.3 is 0 Å². The van der Waals surface area contributed by atoms with Crippen molar-refractivity contribution in [1.82, 2.24) is 14.9 Å². The molecule has 5 nitrogen and oxygen atoms in total. The number of rotatable bonds is 7. The van der Waals surface area contributed by atoms with Crippen LogP contribution in [0.25, 0.3) is 11.0 Å². The summed E-state index contributed by atoms with van der Waals surface area (Å²) in [5.74, 6) is -0.0480. The zero-order valence-electron chi connectivity index (χ0n) is 12.7. The largest absolute Gasteiger partial charge is 0.388 e. The smallest absolute Gasteiger partial charge is 0.221 e. The molecule has 2 rings (SSSR count). The van der Waals surface area contributed by atoms with Crippen molar-refractivity contribution in [1.29, 1.82) is 0 Å². The van der Waals surface area contributed by atoms with Crippen molar-refractivity contribution in [2.75, 3.05) is 6.54 Å². The minimum atomic E-state index is -0.794. The van der Waals surface area contributed by atoms with E-state index in [-0.39, 0.29) is 5.91 Å². The van der Waals surface area contributed by atoms with Crippen molar-refractivity contribution < 1.29 is 9.90 Å². The van der Waals surface area contributed by atoms with E-state index >= 15 is 0 Å². The number of fused-ring (bicyclic) bond motifs is 1. The molecule has 2 aromatic rings. The number of aryl methyl sites for hydroxylation is 1. The molecule has 0 aliphatic heterocycles. The van der Waals surface area contributed by atoms with Crippen LogP contribution in [0, 0.1) is 0 Å². The van der Waals surface area contributed by atoms with Crippen LogP contribution >= 0.6 is 0 Å². The van der Waals surface area contributed by atoms with Gasteiger partial charge in [-0.3, -0.25) is 4.79 Å². The molecular weight excluding hydrogens is 266 g/mol. The van der Waals surface area contributed by atoms with Crippen LogP contribution in [-0.2, 0) is 11.3 Å². The zero-order chi connectivity index (χ0) is 15.3. The van der Waals surface area contributed by atoms with Crippen LogP contribution in [0.1, 0.15) is 33.1 Å². The second kappa shape index (κ2) is 6.72. The number of benzene rings is 1. The summed E-state index contributed by atoms with van der Waals surface area (Å²) >= 11 is 0. The van der Waals surface area contributed by atoms with Crippen LogP contribution in [0.15, 0.2) is 30.6 Å². The SMILES string of the molecule is CCC(O)(CC)CNC(=O)CCn1cnc2ccccc21. The standard InChI is InChI=1S/C16H23N3O2/c1-3-16(21,4-2)11-17-15(20)9-10-19-12-18-13-7-5-6-8-14(13)19/h5-8,12,21H,3-4,9-11H2,1-2H3,(H,17,20). The Morgan fingerprint density at radius 3 is 2.76 bits per heavy atom. The van der Waals surface area contributed by atoms with E-state index in [1.807, 2.05) is 42.7 Å². The number of aromatic nitrogens is 2. The Balaban J connectivity index is 1.87. The van der Waals surface area contributed by atoms with E-state index in [2.05, 4.69) is 10.3 Å². The summed E-state index contributed by atoms with van der Waals surface area (Å²) in [5, 5.41) is 13.0. The Morgan fingerprint density at radius 1 is 1.33 bits per heavy atom. The zero-order valence-corrected chi connectivity index (χ0v) is 12.7. The molecule has 0 aliphatic rings. The normalized spacial score (nSPS) is 11.8. The van der Waals surface area contributed by atoms with E-state index in [4.69, 9.17) is 0 Å². The number of hydrogen-bond acceptors (Lipinski definition) is 3. The van der Waals surface area contributed by atoms with Gasteiger partial charge in [-0.05, 0) is 25.0 Å². The van der Waals surface area contributed by atoms with Gasteiger partial charge in [0.15, 0.2) is 0 Å². The molecule has 0 saturated heterocycles. The monoisotopic (exact) mass is 289 g/mol. The van der Waals surface area contributed by atoms with E-state index < -0.39 is 5.60 Å². The summed E-state index contributed by atoms with van der Waals surface area (Å²) in [6.45, 7) is 4.74. The first-order chi connectivity index (χ1) is 10.1. The fraction of sp³-hybridized carbons (Fsp3) is 0.500. The van der Waals surface area contributed by atoms with Gasteiger partial charge in [-0.2, -0.15) is 0 Å². The highest BCUT2D eigenvalue weighted by atomic mass is 16.3. The third kappa shape index (κ3) is 3.82. The average molecular weight is 289 g/mol. The van der Waals surface area contributed by atoms with Gasteiger partial charge in [0.2, 0.25) is 5.91 Å². The van der Waals surface area contributed by atoms with Crippen LogP contribution in [0.3, 0.4) is 0 Å². The lowest BCUT2D eigenvalue weighted by molar-refractivity contribution is -0.122. The maximum absolute atomic E-state index is 11.9. The van der Waals surface area contributed by atoms with Crippen LogP contribution < -0.4 is 5.32 Å². The first-order valence-corrected chi connectivity index (χ1v) is 7.47. The van der Waals surface area contributed by atoms with E-state index in [9.17, 15) is 9.90 Å². The second-order valence-corrected chi connectivity index (χ2v) is 5.38. The summed E-state index contributed by atoms with van der Waals surface area (Å²) in [7, 11) is 0. The molecule has 1 amide bonds. The highest BCUT2D eigenvalue weighted by molar-refractivity contribution is 5.77. The summed E-state index contributed by atoms with van der Waals surface area (Å²) in [6.07, 6.45) is 3.40. The molecule has 1 heterocycles. The number of aliphatic hydroxyl groups is 1. The molecule has 21 heavy (non-hydrogen) atoms. The molecule has 0 radical (unpaired) electrons. The third-order valence-electron chi connectivity index (χ3n) is 4.04. The molecule has 1 aromatic heterocycles. The Kier molecular flexibility index (Phi) is 4.96. The number of nitrogens with one attached hydrogen (secondary N) is 1. The van der Waals surface area contributed by atoms with Crippen LogP contribution in [0.4, 0.5) is 0 Å². The van der Waals surface area contributed by atoms with E-state index in [0.29, 0.717) is 32.4 Å². The Hall–Kier alpha value is -1.88. The molecule has 2 N–H and O–H groups in total. The fourth-order valence-corrected chi connectivity index (χ4v) is 2.26. The van der Waals surface area contributed by atoms with Gasteiger partial charge in [0.05, 0.1) is 23.0 Å². The molecule has 0 aliphatic carbocycles. The molecule has 0 bridgehead atoms. The number of nitrogens with zero attached hydrogens (tertiary/aromatic N) is 2. The van der Waals surface area contributed by atoms with Gasteiger partial charge in [0.25, 0.3) is 0 Å². The number of imidazole rings is 1. The molecular formula is C16H23N3O2. The van der Waals surface area contributed by atoms with Crippen LogP contribution in [-0.4, -0.2) is 32.7 Å². The van der Waals surface area contributed by atoms with Gasteiger partial charge in [0.1, 0.15) is 0 Å². The van der Waals surface area contributed by atoms with Crippen molar-refractivity contribution in [2.45, 2.75) is 45.3 Å². The van der Waals surface area contributed by atoms with Gasteiger partial charge in [-0.1, -0.05) is 26.0 Å². The predicted molar refractivity (Wildman–Crippen MR) is 82.9 cm³/mol. The number of amides is 1. The first kappa shape index (κ1) is 15.5. The Bertz CT molecular complexity index is 602. The minimum Gasteiger partial charge on any atom is -0.388 e. The summed E-state index contributed by atoms with van der Waals surface area (Å²) in [4.78, 5) is 16.2. The van der Waals surface area contributed by atoms with E-state index in [1.165, 1.54) is 0 Å². The minimum absolute atomic E-state index is 0.0480. The predicted octanol–water partition coefficient (Wildman–Crippen LogP) is 2.09. The molecule has 5 heteroatoms. The van der Waals surface area contributed by atoms with Crippen LogP contribution in [0.5, 0.6) is 0 Å². The highest BCUT2D eigenvalue weighted by Gasteiger charge is 2.22.